The quantitative estimate of drug-likeness (QED) is 0.776. The van der Waals surface area contributed by atoms with Gasteiger partial charge in [0, 0.05) is 17.6 Å². The van der Waals surface area contributed by atoms with Crippen LogP contribution in [0.2, 0.25) is 0 Å². The summed E-state index contributed by atoms with van der Waals surface area (Å²) in [6, 6.07) is -0.283. The molecule has 0 aromatic carbocycles. The van der Waals surface area contributed by atoms with Gasteiger partial charge in [0.1, 0.15) is 11.0 Å². The fourth-order valence-electron chi connectivity index (χ4n) is 1.07. The monoisotopic (exact) mass is 228 g/mol. The highest BCUT2D eigenvalue weighted by atomic mass is 32.1. The number of rotatable bonds is 5. The van der Waals surface area contributed by atoms with Crippen LogP contribution in [0.4, 0.5) is 0 Å². The Hall–Kier alpha value is -0.940. The first-order chi connectivity index (χ1) is 7.13. The number of ether oxygens (including phenoxy) is 1. The second kappa shape index (κ2) is 5.82. The average molecular weight is 228 g/mol. The van der Waals surface area contributed by atoms with Gasteiger partial charge in [0.05, 0.1) is 6.61 Å². The van der Waals surface area contributed by atoms with Gasteiger partial charge in [0.15, 0.2) is 0 Å². The van der Waals surface area contributed by atoms with Crippen LogP contribution in [-0.4, -0.2) is 23.6 Å². The first-order valence-electron chi connectivity index (χ1n) is 4.94. The minimum Gasteiger partial charge on any atom is -0.465 e. The third-order valence-corrected chi connectivity index (χ3v) is 2.83. The Morgan fingerprint density at radius 2 is 2.47 bits per heavy atom. The molecule has 4 nitrogen and oxygen atoms in total. The fraction of sp³-hybridized carbons (Fsp3) is 0.600. The molecule has 1 aromatic rings. The number of carbonyl (C=O) groups is 1. The summed E-state index contributed by atoms with van der Waals surface area (Å²) in [4.78, 5) is 15.6. The number of carbonyl (C=O) groups excluding carboxylic acids is 1. The topological polar surface area (TPSA) is 51.2 Å². The summed E-state index contributed by atoms with van der Waals surface area (Å²) in [6.07, 6.45) is 0. The molecule has 0 aliphatic rings. The number of thiazole rings is 1. The van der Waals surface area contributed by atoms with E-state index in [1.54, 1.807) is 25.2 Å². The Morgan fingerprint density at radius 3 is 3.00 bits per heavy atom. The van der Waals surface area contributed by atoms with Crippen molar-refractivity contribution >= 4 is 17.3 Å². The van der Waals surface area contributed by atoms with E-state index in [9.17, 15) is 4.79 Å². The third kappa shape index (κ3) is 3.97. The number of nitrogens with zero attached hydrogens (tertiary/aromatic N) is 1. The first kappa shape index (κ1) is 12.1. The van der Waals surface area contributed by atoms with Gasteiger partial charge in [-0.25, -0.2) is 4.98 Å². The van der Waals surface area contributed by atoms with Crippen molar-refractivity contribution in [3.05, 3.63) is 16.1 Å². The molecule has 84 valence electrons. The van der Waals surface area contributed by atoms with Crippen LogP contribution in [0, 0.1) is 6.92 Å². The molecule has 0 fully saturated rings. The zero-order chi connectivity index (χ0) is 11.3. The number of aryl methyl sites for hydroxylation is 1. The molecule has 1 N–H and O–H groups in total. The number of hydrogen-bond donors (Lipinski definition) is 1. The maximum atomic E-state index is 11.3. The van der Waals surface area contributed by atoms with Gasteiger partial charge in [-0.1, -0.05) is 0 Å². The molecule has 0 saturated carbocycles. The molecule has 1 unspecified atom stereocenters. The molecule has 0 spiro atoms. The lowest BCUT2D eigenvalue weighted by Gasteiger charge is -2.10. The van der Waals surface area contributed by atoms with E-state index in [1.807, 2.05) is 12.3 Å². The lowest BCUT2D eigenvalue weighted by atomic mass is 10.3. The molecule has 15 heavy (non-hydrogen) atoms. The molecular weight excluding hydrogens is 212 g/mol. The summed E-state index contributed by atoms with van der Waals surface area (Å²) >= 11 is 1.59. The zero-order valence-electron chi connectivity index (χ0n) is 9.24. The molecule has 1 rings (SSSR count). The van der Waals surface area contributed by atoms with Gasteiger partial charge < -0.3 is 4.74 Å². The van der Waals surface area contributed by atoms with Crippen molar-refractivity contribution in [3.8, 4) is 0 Å². The maximum absolute atomic E-state index is 11.3. The predicted octanol–water partition coefficient (Wildman–Crippen LogP) is 1.49. The van der Waals surface area contributed by atoms with Crippen LogP contribution >= 0.6 is 11.3 Å². The lowest BCUT2D eigenvalue weighted by molar-refractivity contribution is -0.145. The summed E-state index contributed by atoms with van der Waals surface area (Å²) in [5.74, 6) is -0.217. The molecule has 0 saturated heterocycles. The van der Waals surface area contributed by atoms with Gasteiger partial charge in [-0.3, -0.25) is 10.1 Å². The zero-order valence-corrected chi connectivity index (χ0v) is 10.1. The Kier molecular flexibility index (Phi) is 4.71. The molecule has 0 aliphatic carbocycles. The van der Waals surface area contributed by atoms with Crippen LogP contribution in [0.3, 0.4) is 0 Å². The van der Waals surface area contributed by atoms with E-state index in [2.05, 4.69) is 10.3 Å². The number of hydrogen-bond acceptors (Lipinski definition) is 5. The van der Waals surface area contributed by atoms with Crippen molar-refractivity contribution in [1.82, 2.24) is 10.3 Å². The smallest absolute Gasteiger partial charge is 0.322 e. The summed E-state index contributed by atoms with van der Waals surface area (Å²) in [5.41, 5.74) is 1.01. The van der Waals surface area contributed by atoms with Crippen molar-refractivity contribution in [2.75, 3.05) is 6.61 Å². The highest BCUT2D eigenvalue weighted by Gasteiger charge is 2.13. The average Bonchev–Trinajstić information content (AvgIpc) is 2.61. The minimum atomic E-state index is -0.283. The fourth-order valence-corrected chi connectivity index (χ4v) is 1.80. The maximum Gasteiger partial charge on any atom is 0.322 e. The molecule has 1 atom stereocenters. The highest BCUT2D eigenvalue weighted by Crippen LogP contribution is 2.08. The van der Waals surface area contributed by atoms with Crippen molar-refractivity contribution in [1.29, 1.82) is 0 Å². The van der Waals surface area contributed by atoms with Crippen molar-refractivity contribution in [3.63, 3.8) is 0 Å². The van der Waals surface area contributed by atoms with E-state index < -0.39 is 0 Å². The molecule has 0 radical (unpaired) electrons. The Bertz CT molecular complexity index is 325. The van der Waals surface area contributed by atoms with Crippen LogP contribution < -0.4 is 5.32 Å². The van der Waals surface area contributed by atoms with Gasteiger partial charge in [-0.15, -0.1) is 11.3 Å². The molecule has 0 amide bonds. The Labute approximate surface area is 93.7 Å². The highest BCUT2D eigenvalue weighted by molar-refractivity contribution is 7.09. The van der Waals surface area contributed by atoms with Crippen LogP contribution in [-0.2, 0) is 16.1 Å². The lowest BCUT2D eigenvalue weighted by Crippen LogP contribution is -2.34. The molecular formula is C10H16N2O2S. The normalized spacial score (nSPS) is 12.5. The van der Waals surface area contributed by atoms with Gasteiger partial charge >= 0.3 is 5.97 Å². The largest absolute Gasteiger partial charge is 0.465 e. The van der Waals surface area contributed by atoms with E-state index in [0.717, 1.165) is 10.7 Å². The van der Waals surface area contributed by atoms with Crippen molar-refractivity contribution < 1.29 is 9.53 Å². The predicted molar refractivity (Wildman–Crippen MR) is 59.8 cm³/mol. The summed E-state index contributed by atoms with van der Waals surface area (Å²) in [7, 11) is 0. The molecule has 5 heteroatoms. The Balaban J connectivity index is 2.33. The third-order valence-electron chi connectivity index (χ3n) is 1.87. The number of esters is 1. The number of aromatic nitrogens is 1. The van der Waals surface area contributed by atoms with E-state index in [1.165, 1.54) is 0 Å². The molecule has 0 aliphatic heterocycles. The Morgan fingerprint density at radius 1 is 1.73 bits per heavy atom. The van der Waals surface area contributed by atoms with Gasteiger partial charge in [-0.05, 0) is 20.8 Å². The van der Waals surface area contributed by atoms with E-state index in [0.29, 0.717) is 13.2 Å². The molecule has 1 heterocycles. The SMILES string of the molecule is CCOC(=O)C(C)NCc1nc(C)cs1. The van der Waals surface area contributed by atoms with Crippen LogP contribution in [0.5, 0.6) is 0 Å². The van der Waals surface area contributed by atoms with E-state index in [4.69, 9.17) is 4.74 Å². The second-order valence-corrected chi connectivity index (χ2v) is 4.18. The standard InChI is InChI=1S/C10H16N2O2S/c1-4-14-10(13)8(3)11-5-9-12-7(2)6-15-9/h6,8,11H,4-5H2,1-3H3. The number of nitrogens with one attached hydrogen (secondary N) is 1. The summed E-state index contributed by atoms with van der Waals surface area (Å²) in [6.45, 7) is 6.57. The van der Waals surface area contributed by atoms with Crippen molar-refractivity contribution in [2.45, 2.75) is 33.4 Å². The van der Waals surface area contributed by atoms with Crippen LogP contribution in [0.15, 0.2) is 5.38 Å². The van der Waals surface area contributed by atoms with Crippen LogP contribution in [0.1, 0.15) is 24.5 Å². The van der Waals surface area contributed by atoms with Crippen LogP contribution in [0.25, 0.3) is 0 Å². The summed E-state index contributed by atoms with van der Waals surface area (Å²) < 4.78 is 4.88. The van der Waals surface area contributed by atoms with Crippen molar-refractivity contribution in [2.24, 2.45) is 0 Å². The summed E-state index contributed by atoms with van der Waals surface area (Å²) in [5, 5.41) is 6.05. The molecule has 1 aromatic heterocycles. The second-order valence-electron chi connectivity index (χ2n) is 3.24. The van der Waals surface area contributed by atoms with Gasteiger partial charge in [0.2, 0.25) is 0 Å². The minimum absolute atomic E-state index is 0.217. The van der Waals surface area contributed by atoms with Gasteiger partial charge in [0.25, 0.3) is 0 Å². The molecule has 0 bridgehead atoms. The first-order valence-corrected chi connectivity index (χ1v) is 5.82. The van der Waals surface area contributed by atoms with Gasteiger partial charge in [-0.2, -0.15) is 0 Å². The van der Waals surface area contributed by atoms with E-state index in [-0.39, 0.29) is 12.0 Å². The van der Waals surface area contributed by atoms with E-state index >= 15 is 0 Å².